The van der Waals surface area contributed by atoms with Crippen molar-refractivity contribution < 1.29 is 14.3 Å². The second-order valence-corrected chi connectivity index (χ2v) is 14.4. The molecule has 2 fully saturated rings. The fourth-order valence-corrected chi connectivity index (χ4v) is 7.74. The van der Waals surface area contributed by atoms with Crippen molar-refractivity contribution in [1.82, 2.24) is 15.8 Å². The summed E-state index contributed by atoms with van der Waals surface area (Å²) in [6.07, 6.45) is 5.53. The minimum absolute atomic E-state index is 0.0476. The molecule has 0 radical (unpaired) electrons. The van der Waals surface area contributed by atoms with E-state index in [9.17, 15) is 9.59 Å². The number of carbonyl (C=O) groups is 2. The topological polar surface area (TPSA) is 147 Å². The minimum Gasteiger partial charge on any atom is -0.486 e. The van der Waals surface area contributed by atoms with Gasteiger partial charge in [0.2, 0.25) is 0 Å². The highest BCUT2D eigenvalue weighted by molar-refractivity contribution is 6.48. The number of nitrogens with two attached hydrogens (primary N) is 2. The third kappa shape index (κ3) is 7.56. The van der Waals surface area contributed by atoms with Gasteiger partial charge in [-0.15, -0.1) is 0 Å². The van der Waals surface area contributed by atoms with E-state index in [0.717, 1.165) is 49.7 Å². The second kappa shape index (κ2) is 14.8. The molecule has 1 spiro atoms. The third-order valence-electron chi connectivity index (χ3n) is 9.96. The average Bonchev–Trinajstić information content (AvgIpc) is 3.90. The van der Waals surface area contributed by atoms with Gasteiger partial charge in [-0.3, -0.25) is 14.6 Å². The van der Waals surface area contributed by atoms with Crippen molar-refractivity contribution in [3.63, 3.8) is 0 Å². The van der Waals surface area contributed by atoms with E-state index in [2.05, 4.69) is 29.8 Å². The van der Waals surface area contributed by atoms with Gasteiger partial charge >= 0.3 is 0 Å². The van der Waals surface area contributed by atoms with Crippen LogP contribution in [0.1, 0.15) is 85.5 Å². The van der Waals surface area contributed by atoms with Crippen LogP contribution in [0.5, 0.6) is 5.75 Å². The van der Waals surface area contributed by atoms with E-state index in [1.54, 1.807) is 24.3 Å². The molecular weight excluding hydrogens is 661 g/mol. The molecule has 10 nitrogen and oxygen atoms in total. The smallest absolute Gasteiger partial charge is 0.275 e. The summed E-state index contributed by atoms with van der Waals surface area (Å²) >= 11 is 13.5. The lowest BCUT2D eigenvalue weighted by molar-refractivity contribution is -0.134. The van der Waals surface area contributed by atoms with Gasteiger partial charge in [0.1, 0.15) is 23.8 Å². The van der Waals surface area contributed by atoms with Crippen LogP contribution < -0.4 is 27.2 Å². The average molecular weight is 705 g/mol. The molecule has 258 valence electrons. The normalized spacial score (nSPS) is 21.6. The lowest BCUT2D eigenvalue weighted by Crippen LogP contribution is -2.51. The highest BCUT2D eigenvalue weighted by Gasteiger charge is 2.55. The molecule has 12 heteroatoms. The number of nitrogens with zero attached hydrogens (tertiary/aromatic N) is 3. The van der Waals surface area contributed by atoms with Crippen LogP contribution >= 0.6 is 23.2 Å². The van der Waals surface area contributed by atoms with Gasteiger partial charge in [-0.05, 0) is 91.7 Å². The Morgan fingerprint density at radius 2 is 1.67 bits per heavy atom. The number of amides is 2. The Labute approximate surface area is 297 Å². The number of carbonyl (C=O) groups excluding carboxylic acids is 2. The van der Waals surface area contributed by atoms with Crippen molar-refractivity contribution in [2.75, 3.05) is 6.54 Å². The quantitative estimate of drug-likeness (QED) is 0.0747. The molecule has 49 heavy (non-hydrogen) atoms. The molecule has 1 aliphatic heterocycles. The van der Waals surface area contributed by atoms with Crippen LogP contribution in [0.3, 0.4) is 0 Å². The van der Waals surface area contributed by atoms with Gasteiger partial charge in [-0.2, -0.15) is 5.10 Å². The molecule has 6 rings (SSSR count). The molecule has 3 aliphatic rings. The monoisotopic (exact) mass is 703 g/mol. The number of hydrogen-bond acceptors (Lipinski definition) is 7. The first-order valence-electron chi connectivity index (χ1n) is 16.9. The molecule has 2 amide bonds. The highest BCUT2D eigenvalue weighted by Crippen LogP contribution is 2.53. The Morgan fingerprint density at radius 1 is 1.02 bits per heavy atom. The number of halogens is 2. The zero-order chi connectivity index (χ0) is 34.7. The maximum absolute atomic E-state index is 14.7. The Balaban J connectivity index is 1.30. The predicted molar refractivity (Wildman–Crippen MR) is 193 cm³/mol. The fourth-order valence-electron chi connectivity index (χ4n) is 7.14. The van der Waals surface area contributed by atoms with Crippen LogP contribution in [0.4, 0.5) is 0 Å². The van der Waals surface area contributed by atoms with Crippen LogP contribution in [0.2, 0.25) is 10.0 Å². The van der Waals surface area contributed by atoms with Crippen molar-refractivity contribution in [2.45, 2.75) is 70.7 Å². The van der Waals surface area contributed by atoms with Gasteiger partial charge in [0.15, 0.2) is 5.75 Å². The van der Waals surface area contributed by atoms with Gasteiger partial charge in [0.25, 0.3) is 11.8 Å². The maximum atomic E-state index is 14.7. The number of hydrogen-bond donors (Lipinski definition) is 4. The largest absolute Gasteiger partial charge is 0.486 e. The molecule has 0 bridgehead atoms. The number of rotatable bonds is 12. The molecule has 3 aromatic rings. The van der Waals surface area contributed by atoms with Gasteiger partial charge < -0.3 is 20.7 Å². The molecule has 0 aromatic heterocycles. The summed E-state index contributed by atoms with van der Waals surface area (Å²) in [5, 5.41) is 7.05. The van der Waals surface area contributed by atoms with Crippen LogP contribution in [-0.4, -0.2) is 40.5 Å². The SMILES string of the molecule is CC(C)C1CCC2(CC1)N=C(c1cc(Cl)c(OCc3ccccc3)c(Cl)c1)C(=O)N2[C@@H](c1ccc(C(=O)NCC(N)=NNN)cc1)C1CC1. The molecular formula is C37H43Cl2N7O3. The van der Waals surface area contributed by atoms with Crippen molar-refractivity contribution in [3.05, 3.63) is 99.0 Å². The first-order chi connectivity index (χ1) is 23.6. The summed E-state index contributed by atoms with van der Waals surface area (Å²) in [5.41, 5.74) is 10.5. The number of ether oxygens (including phenoxy) is 1. The lowest BCUT2D eigenvalue weighted by atomic mass is 9.76. The molecule has 3 aromatic carbocycles. The van der Waals surface area contributed by atoms with Crippen LogP contribution in [0, 0.1) is 17.8 Å². The number of nitrogens with one attached hydrogen (secondary N) is 2. The van der Waals surface area contributed by atoms with Crippen molar-refractivity contribution in [2.24, 2.45) is 39.4 Å². The van der Waals surface area contributed by atoms with E-state index in [1.807, 2.05) is 47.4 Å². The number of hydrazine groups is 1. The molecule has 0 unspecified atom stereocenters. The molecule has 2 saturated carbocycles. The fraction of sp³-hybridized carbons (Fsp3) is 0.405. The van der Waals surface area contributed by atoms with Gasteiger partial charge in [-0.1, -0.05) is 79.5 Å². The second-order valence-electron chi connectivity index (χ2n) is 13.6. The minimum atomic E-state index is -0.684. The van der Waals surface area contributed by atoms with E-state index in [4.69, 9.17) is 44.5 Å². The van der Waals surface area contributed by atoms with Gasteiger partial charge in [0, 0.05) is 11.1 Å². The van der Waals surface area contributed by atoms with Gasteiger partial charge in [-0.25, -0.2) is 11.4 Å². The van der Waals surface area contributed by atoms with E-state index in [1.165, 1.54) is 0 Å². The van der Waals surface area contributed by atoms with Crippen LogP contribution in [-0.2, 0) is 11.4 Å². The summed E-state index contributed by atoms with van der Waals surface area (Å²) in [7, 11) is 0. The zero-order valence-electron chi connectivity index (χ0n) is 27.8. The summed E-state index contributed by atoms with van der Waals surface area (Å²) in [5.74, 6) is 6.68. The van der Waals surface area contributed by atoms with Crippen LogP contribution in [0.15, 0.2) is 76.8 Å². The standard InChI is InChI=1S/C37H43Cl2N7O3/c1-22(2)24-14-16-37(17-15-24)43-32(28-18-29(38)34(30(39)19-28)49-21-23-6-4-3-5-7-23)36(48)46(37)33(25-8-9-25)26-10-12-27(13-11-26)35(47)42-20-31(40)44-45-41/h3-7,10-13,18-19,22,24-25,33,45H,8-9,14-17,20-21,41H2,1-2H3,(H2,40,44)(H,42,47)/t24?,33-,37?/m1/s1. The van der Waals surface area contributed by atoms with E-state index >= 15 is 0 Å². The van der Waals surface area contributed by atoms with Crippen molar-refractivity contribution >= 4 is 46.6 Å². The highest BCUT2D eigenvalue weighted by atomic mass is 35.5. The predicted octanol–water partition coefficient (Wildman–Crippen LogP) is 6.36. The van der Waals surface area contributed by atoms with Crippen molar-refractivity contribution in [3.8, 4) is 5.75 Å². The molecule has 6 N–H and O–H groups in total. The first-order valence-corrected chi connectivity index (χ1v) is 17.6. The Morgan fingerprint density at radius 3 is 2.27 bits per heavy atom. The summed E-state index contributed by atoms with van der Waals surface area (Å²) in [6, 6.07) is 20.5. The van der Waals surface area contributed by atoms with Gasteiger partial charge in [0.05, 0.1) is 22.6 Å². The Bertz CT molecular complexity index is 1710. The Kier molecular flexibility index (Phi) is 10.5. The Hall–Kier alpha value is -4.12. The molecule has 2 aliphatic carbocycles. The first kappa shape index (κ1) is 34.7. The number of benzene rings is 3. The van der Waals surface area contributed by atoms with Crippen molar-refractivity contribution in [1.29, 1.82) is 0 Å². The summed E-state index contributed by atoms with van der Waals surface area (Å²) in [4.78, 5) is 34.9. The molecule has 1 heterocycles. The number of amidine groups is 1. The molecule has 1 atom stereocenters. The van der Waals surface area contributed by atoms with E-state index in [0.29, 0.717) is 57.0 Å². The number of hydrazone groups is 1. The summed E-state index contributed by atoms with van der Waals surface area (Å²) in [6.45, 7) is 4.89. The van der Waals surface area contributed by atoms with E-state index in [-0.39, 0.29) is 30.2 Å². The van der Waals surface area contributed by atoms with E-state index < -0.39 is 5.66 Å². The molecule has 0 saturated heterocycles. The maximum Gasteiger partial charge on any atom is 0.275 e. The number of aliphatic imine (C=N–C) groups is 1. The zero-order valence-corrected chi connectivity index (χ0v) is 29.3. The summed E-state index contributed by atoms with van der Waals surface area (Å²) < 4.78 is 6.02. The van der Waals surface area contributed by atoms with Crippen LogP contribution in [0.25, 0.3) is 0 Å². The third-order valence-corrected chi connectivity index (χ3v) is 10.5. The lowest BCUT2D eigenvalue weighted by Gasteiger charge is -2.46.